The Morgan fingerprint density at radius 2 is 1.79 bits per heavy atom. The molecule has 5 rings (SSSR count). The third kappa shape index (κ3) is 4.25. The second kappa shape index (κ2) is 9.22. The van der Waals surface area contributed by atoms with E-state index >= 15 is 0 Å². The van der Waals surface area contributed by atoms with Crippen molar-refractivity contribution in [1.82, 2.24) is 15.7 Å². The van der Waals surface area contributed by atoms with Crippen molar-refractivity contribution in [2.75, 3.05) is 52.6 Å². The monoisotopic (exact) mass is 397 g/mol. The molecule has 0 spiro atoms. The number of nitrogens with one attached hydrogen (secondary N) is 3. The highest BCUT2D eigenvalue weighted by molar-refractivity contribution is 4.85. The summed E-state index contributed by atoms with van der Waals surface area (Å²) in [7, 11) is 0. The zero-order valence-electron chi connectivity index (χ0n) is 17.1. The van der Waals surface area contributed by atoms with Crippen LogP contribution >= 0.6 is 0 Å². The van der Waals surface area contributed by atoms with E-state index in [-0.39, 0.29) is 6.23 Å². The molecule has 28 heavy (non-hydrogen) atoms. The number of morpholine rings is 1. The first-order chi connectivity index (χ1) is 13.9. The summed E-state index contributed by atoms with van der Waals surface area (Å²) >= 11 is 0. The Morgan fingerprint density at radius 3 is 2.64 bits per heavy atom. The van der Waals surface area contributed by atoms with Crippen molar-refractivity contribution in [3.05, 3.63) is 0 Å². The van der Waals surface area contributed by atoms with E-state index < -0.39 is 0 Å². The Hall–Kier alpha value is -0.320. The Balaban J connectivity index is 1.16. The van der Waals surface area contributed by atoms with E-state index in [1.165, 1.54) is 51.6 Å². The number of piperidine rings is 1. The lowest BCUT2D eigenvalue weighted by molar-refractivity contribution is -0.942. The quantitative estimate of drug-likeness (QED) is 0.425. The average molecular weight is 398 g/mol. The van der Waals surface area contributed by atoms with Crippen molar-refractivity contribution in [1.29, 1.82) is 0 Å². The fraction of sp³-hybridized carbons (Fsp3) is 1.00. The summed E-state index contributed by atoms with van der Waals surface area (Å²) in [6, 6.07) is 1.33. The number of hydrogen-bond donors (Lipinski definition) is 4. The van der Waals surface area contributed by atoms with E-state index in [9.17, 15) is 0 Å². The minimum atomic E-state index is 0.151. The van der Waals surface area contributed by atoms with Gasteiger partial charge in [0.15, 0.2) is 6.23 Å². The minimum Gasteiger partial charge on any atom is -0.381 e. The molecule has 6 atom stereocenters. The van der Waals surface area contributed by atoms with Gasteiger partial charge in [-0.05, 0) is 0 Å². The molecule has 0 aromatic carbocycles. The smallest absolute Gasteiger partial charge is 0.183 e. The van der Waals surface area contributed by atoms with Crippen LogP contribution in [0.2, 0.25) is 0 Å². The minimum absolute atomic E-state index is 0.151. The topological polar surface area (TPSA) is 76.0 Å². The zero-order valence-corrected chi connectivity index (χ0v) is 17.1. The molecule has 0 saturated carbocycles. The van der Waals surface area contributed by atoms with Crippen LogP contribution in [0.3, 0.4) is 0 Å². The van der Waals surface area contributed by atoms with Crippen LogP contribution in [0.25, 0.3) is 0 Å². The first-order valence-corrected chi connectivity index (χ1v) is 11.6. The van der Waals surface area contributed by atoms with Crippen molar-refractivity contribution in [2.45, 2.75) is 69.2 Å². The first-order valence-electron chi connectivity index (χ1n) is 11.6. The van der Waals surface area contributed by atoms with Gasteiger partial charge in [0.05, 0.1) is 51.7 Å². The molecule has 0 aromatic heterocycles. The van der Waals surface area contributed by atoms with Crippen molar-refractivity contribution >= 4 is 0 Å². The number of likely N-dealkylation sites (tertiary alicyclic amines) is 1. The standard InChI is InChI=1S/C20H37N5O3/c1-2-17(25(7-1)16-4-10-26-11-5-16)20-22-19(23-28-20)15-3-6-21-18(14-15)24-8-12-27-13-9-24/h15-23H,1-14H2/p+2/t15?,17-,18?,19?,20?/m1/s1. The molecular formula is C20H39N5O3+2. The van der Waals surface area contributed by atoms with Crippen molar-refractivity contribution < 1.29 is 24.5 Å². The summed E-state index contributed by atoms with van der Waals surface area (Å²) < 4.78 is 11.1. The Kier molecular flexibility index (Phi) is 6.47. The fourth-order valence-electron chi connectivity index (χ4n) is 6.18. The van der Waals surface area contributed by atoms with Gasteiger partial charge in [0.1, 0.15) is 12.2 Å². The van der Waals surface area contributed by atoms with Gasteiger partial charge in [-0.3, -0.25) is 10.2 Å². The highest BCUT2D eigenvalue weighted by Crippen LogP contribution is 2.23. The highest BCUT2D eigenvalue weighted by atomic mass is 16.7. The maximum atomic E-state index is 6.15. The second-order valence-corrected chi connectivity index (χ2v) is 9.29. The average Bonchev–Trinajstić information content (AvgIpc) is 3.45. The lowest BCUT2D eigenvalue weighted by atomic mass is 9.92. The van der Waals surface area contributed by atoms with Crippen molar-refractivity contribution in [2.24, 2.45) is 5.92 Å². The predicted molar refractivity (Wildman–Crippen MR) is 103 cm³/mol. The Bertz CT molecular complexity index is 500. The van der Waals surface area contributed by atoms with E-state index in [2.05, 4.69) is 21.0 Å². The van der Waals surface area contributed by atoms with Crippen LogP contribution in [0.4, 0.5) is 0 Å². The summed E-state index contributed by atoms with van der Waals surface area (Å²) in [5, 5.41) is 6.38. The van der Waals surface area contributed by atoms with Crippen molar-refractivity contribution in [3.8, 4) is 0 Å². The molecule has 5 N–H and O–H groups in total. The molecule has 5 aliphatic rings. The van der Waals surface area contributed by atoms with E-state index in [1.54, 1.807) is 4.90 Å². The Morgan fingerprint density at radius 1 is 0.964 bits per heavy atom. The van der Waals surface area contributed by atoms with E-state index in [1.807, 2.05) is 0 Å². The summed E-state index contributed by atoms with van der Waals surface area (Å²) in [6.07, 6.45) is 8.52. The largest absolute Gasteiger partial charge is 0.381 e. The third-order valence-electron chi connectivity index (χ3n) is 7.74. The van der Waals surface area contributed by atoms with Crippen LogP contribution in [0.5, 0.6) is 0 Å². The van der Waals surface area contributed by atoms with Gasteiger partial charge in [0, 0.05) is 57.5 Å². The highest BCUT2D eigenvalue weighted by Gasteiger charge is 2.46. The second-order valence-electron chi connectivity index (χ2n) is 9.29. The molecule has 8 nitrogen and oxygen atoms in total. The number of ether oxygens (including phenoxy) is 2. The number of rotatable bonds is 4. The van der Waals surface area contributed by atoms with Gasteiger partial charge in [0.25, 0.3) is 0 Å². The normalized spacial score (nSPS) is 44.1. The molecule has 0 aromatic rings. The van der Waals surface area contributed by atoms with Crippen LogP contribution < -0.4 is 21.0 Å². The number of hydrogen-bond acceptors (Lipinski definition) is 6. The van der Waals surface area contributed by atoms with Crippen molar-refractivity contribution in [3.63, 3.8) is 0 Å². The molecule has 5 fully saturated rings. The fourth-order valence-corrected chi connectivity index (χ4v) is 6.18. The van der Waals surface area contributed by atoms with Gasteiger partial charge >= 0.3 is 0 Å². The molecule has 5 saturated heterocycles. The van der Waals surface area contributed by atoms with Gasteiger partial charge in [-0.2, -0.15) is 5.48 Å². The lowest BCUT2D eigenvalue weighted by Crippen LogP contribution is -3.19. The van der Waals surface area contributed by atoms with E-state index in [0.29, 0.717) is 24.3 Å². The number of nitrogens with zero attached hydrogens (tertiary/aromatic N) is 1. The van der Waals surface area contributed by atoms with Crippen LogP contribution in [-0.2, 0) is 14.3 Å². The molecule has 160 valence electrons. The SMILES string of the molecule is C1C[C@H](C2NC(C3CC[NH2+]C(N4CCOCC4)C3)NO2)[NH+](C2CCOCC2)C1. The Labute approximate surface area is 168 Å². The van der Waals surface area contributed by atoms with Gasteiger partial charge in [-0.25, -0.2) is 4.90 Å². The maximum absolute atomic E-state index is 6.15. The molecule has 0 aliphatic carbocycles. The molecule has 0 amide bonds. The van der Waals surface area contributed by atoms with Gasteiger partial charge < -0.3 is 19.7 Å². The van der Waals surface area contributed by atoms with E-state index in [4.69, 9.17) is 14.3 Å². The van der Waals surface area contributed by atoms with Crippen LogP contribution in [0.1, 0.15) is 38.5 Å². The zero-order chi connectivity index (χ0) is 18.8. The maximum Gasteiger partial charge on any atom is 0.183 e. The van der Waals surface area contributed by atoms with Gasteiger partial charge in [0.2, 0.25) is 0 Å². The molecule has 5 aliphatic heterocycles. The lowest BCUT2D eigenvalue weighted by Gasteiger charge is -2.38. The first kappa shape index (κ1) is 19.6. The van der Waals surface area contributed by atoms with Crippen LogP contribution in [0.15, 0.2) is 0 Å². The van der Waals surface area contributed by atoms with Crippen LogP contribution in [0, 0.1) is 5.92 Å². The molecule has 0 radical (unpaired) electrons. The molecule has 0 bridgehead atoms. The molecular weight excluding hydrogens is 358 g/mol. The predicted octanol–water partition coefficient (Wildman–Crippen LogP) is -2.38. The number of hydroxylamine groups is 1. The number of nitrogens with two attached hydrogens (primary N) is 1. The summed E-state index contributed by atoms with van der Waals surface area (Å²) in [4.78, 5) is 10.5. The summed E-state index contributed by atoms with van der Waals surface area (Å²) in [5.41, 5.74) is 3.39. The van der Waals surface area contributed by atoms with E-state index in [0.717, 1.165) is 45.6 Å². The molecule has 8 heteroatoms. The summed E-state index contributed by atoms with van der Waals surface area (Å²) in [5.74, 6) is 0.635. The van der Waals surface area contributed by atoms with Gasteiger partial charge in [-0.1, -0.05) is 0 Å². The molecule has 5 heterocycles. The third-order valence-corrected chi connectivity index (χ3v) is 7.74. The number of quaternary nitrogens is 2. The molecule has 5 unspecified atom stereocenters. The van der Waals surface area contributed by atoms with Crippen LogP contribution in [-0.4, -0.2) is 88.1 Å². The summed E-state index contributed by atoms with van der Waals surface area (Å²) in [6.45, 7) is 8.27. The van der Waals surface area contributed by atoms with Gasteiger partial charge in [-0.15, -0.1) is 0 Å².